The lowest BCUT2D eigenvalue weighted by Gasteiger charge is -2.28. The first-order valence-corrected chi connectivity index (χ1v) is 10.3. The highest BCUT2D eigenvalue weighted by Crippen LogP contribution is 2.35. The number of nitrogens with zero attached hydrogens (tertiary/aromatic N) is 2. The molecule has 1 aliphatic heterocycles. The molecular formula is C23H15N3O8S. The number of hydrogen-bond donors (Lipinski definition) is 2. The number of ether oxygens (including phenoxy) is 1. The van der Waals surface area contributed by atoms with Gasteiger partial charge < -0.3 is 14.3 Å². The number of nitro benzene ring substituents is 1. The van der Waals surface area contributed by atoms with Gasteiger partial charge in [0.2, 0.25) is 0 Å². The number of non-ortho nitro benzene ring substituents is 1. The molecule has 1 aliphatic rings. The molecule has 0 radical (unpaired) electrons. The van der Waals surface area contributed by atoms with Gasteiger partial charge in [0.15, 0.2) is 5.11 Å². The predicted octanol–water partition coefficient (Wildman–Crippen LogP) is 3.39. The molecule has 12 heteroatoms. The fourth-order valence-corrected chi connectivity index (χ4v) is 3.67. The highest BCUT2D eigenvalue weighted by Gasteiger charge is 2.35. The van der Waals surface area contributed by atoms with Gasteiger partial charge in [-0.15, -0.1) is 0 Å². The molecule has 3 aromatic rings. The standard InChI is InChI=1S/C23H15N3O8S/c1-33-19-10-14(26(31)32)5-7-16(19)18-8-6-15(34-18)11-17-20(27)24-23(35)25(21(17)28)13-4-2-3-12(9-13)22(29)30/h2-11H,1H3,(H,29,30)(H,24,27,35). The molecule has 2 amide bonds. The van der Waals surface area contributed by atoms with Gasteiger partial charge >= 0.3 is 5.97 Å². The van der Waals surface area contributed by atoms with Gasteiger partial charge in [0.05, 0.1) is 34.9 Å². The number of amides is 2. The Morgan fingerprint density at radius 2 is 1.97 bits per heavy atom. The van der Waals surface area contributed by atoms with Crippen LogP contribution in [0.1, 0.15) is 16.1 Å². The maximum Gasteiger partial charge on any atom is 0.335 e. The van der Waals surface area contributed by atoms with E-state index in [9.17, 15) is 29.6 Å². The molecule has 2 heterocycles. The van der Waals surface area contributed by atoms with Gasteiger partial charge in [-0.05, 0) is 54.7 Å². The van der Waals surface area contributed by atoms with Gasteiger partial charge in [-0.2, -0.15) is 0 Å². The van der Waals surface area contributed by atoms with Gasteiger partial charge in [-0.25, -0.2) is 4.79 Å². The number of nitro groups is 1. The molecule has 0 unspecified atom stereocenters. The Morgan fingerprint density at radius 1 is 1.20 bits per heavy atom. The highest BCUT2D eigenvalue weighted by atomic mass is 32.1. The van der Waals surface area contributed by atoms with E-state index in [2.05, 4.69) is 5.32 Å². The Morgan fingerprint density at radius 3 is 2.66 bits per heavy atom. The molecule has 0 spiro atoms. The molecule has 0 bridgehead atoms. The van der Waals surface area contributed by atoms with Crippen LogP contribution >= 0.6 is 12.2 Å². The van der Waals surface area contributed by atoms with E-state index >= 15 is 0 Å². The van der Waals surface area contributed by atoms with E-state index in [-0.39, 0.29) is 44.9 Å². The van der Waals surface area contributed by atoms with Crippen molar-refractivity contribution >= 4 is 52.6 Å². The molecule has 176 valence electrons. The third-order valence-corrected chi connectivity index (χ3v) is 5.31. The van der Waals surface area contributed by atoms with E-state index in [0.717, 1.165) is 4.90 Å². The molecular weight excluding hydrogens is 478 g/mol. The minimum Gasteiger partial charge on any atom is -0.496 e. The van der Waals surface area contributed by atoms with Crippen LogP contribution in [-0.4, -0.2) is 40.0 Å². The number of methoxy groups -OCH3 is 1. The Labute approximate surface area is 202 Å². The van der Waals surface area contributed by atoms with Gasteiger partial charge in [0.25, 0.3) is 17.5 Å². The third kappa shape index (κ3) is 4.50. The Kier molecular flexibility index (Phi) is 6.12. The van der Waals surface area contributed by atoms with Gasteiger partial charge in [-0.3, -0.25) is 29.9 Å². The summed E-state index contributed by atoms with van der Waals surface area (Å²) in [5.41, 5.74) is 0.0770. The van der Waals surface area contributed by atoms with Crippen LogP contribution < -0.4 is 15.0 Å². The number of carboxylic acid groups (broad SMARTS) is 1. The lowest BCUT2D eigenvalue weighted by Crippen LogP contribution is -2.54. The topological polar surface area (TPSA) is 152 Å². The van der Waals surface area contributed by atoms with E-state index in [1.54, 1.807) is 6.07 Å². The smallest absolute Gasteiger partial charge is 0.335 e. The molecule has 0 atom stereocenters. The number of carbonyl (C=O) groups is 3. The summed E-state index contributed by atoms with van der Waals surface area (Å²) in [6.45, 7) is 0. The van der Waals surface area contributed by atoms with E-state index in [4.69, 9.17) is 21.4 Å². The van der Waals surface area contributed by atoms with E-state index in [1.807, 2.05) is 0 Å². The van der Waals surface area contributed by atoms with Crippen molar-refractivity contribution in [1.82, 2.24) is 5.32 Å². The van der Waals surface area contributed by atoms with Gasteiger partial charge in [-0.1, -0.05) is 6.07 Å². The second-order valence-electron chi connectivity index (χ2n) is 7.16. The Bertz CT molecular complexity index is 1440. The minimum absolute atomic E-state index is 0.0618. The number of rotatable bonds is 6. The number of carboxylic acids is 1. The summed E-state index contributed by atoms with van der Waals surface area (Å²) in [4.78, 5) is 48.4. The number of carbonyl (C=O) groups excluding carboxylic acids is 2. The van der Waals surface area contributed by atoms with E-state index in [0.29, 0.717) is 5.56 Å². The zero-order chi connectivity index (χ0) is 25.3. The molecule has 1 aromatic heterocycles. The summed E-state index contributed by atoms with van der Waals surface area (Å²) < 4.78 is 11.0. The third-order valence-electron chi connectivity index (χ3n) is 5.03. The second kappa shape index (κ2) is 9.19. The SMILES string of the molecule is COc1cc([N+](=O)[O-])ccc1-c1ccc(C=C2C(=O)NC(=S)N(c3cccc(C(=O)O)c3)C2=O)o1. The van der Waals surface area contributed by atoms with Gasteiger partial charge in [0.1, 0.15) is 22.8 Å². The zero-order valence-electron chi connectivity index (χ0n) is 17.9. The van der Waals surface area contributed by atoms with Crippen molar-refractivity contribution in [1.29, 1.82) is 0 Å². The molecule has 0 aliphatic carbocycles. The number of thiocarbonyl (C=S) groups is 1. The first-order valence-electron chi connectivity index (χ1n) is 9.87. The largest absolute Gasteiger partial charge is 0.496 e. The number of furan rings is 1. The van der Waals surface area contributed by atoms with Crippen LogP contribution in [0.3, 0.4) is 0 Å². The van der Waals surface area contributed by atoms with Crippen LogP contribution in [0.25, 0.3) is 17.4 Å². The van der Waals surface area contributed by atoms with Crippen molar-refractivity contribution in [3.63, 3.8) is 0 Å². The molecule has 0 saturated carbocycles. The number of anilines is 1. The number of benzene rings is 2. The minimum atomic E-state index is -1.19. The lowest BCUT2D eigenvalue weighted by molar-refractivity contribution is -0.384. The summed E-state index contributed by atoms with van der Waals surface area (Å²) in [7, 11) is 1.36. The van der Waals surface area contributed by atoms with Gasteiger partial charge in [0, 0.05) is 6.07 Å². The van der Waals surface area contributed by atoms with Crippen LogP contribution in [0.4, 0.5) is 11.4 Å². The van der Waals surface area contributed by atoms with E-state index < -0.39 is 22.7 Å². The number of aromatic carboxylic acids is 1. The highest BCUT2D eigenvalue weighted by molar-refractivity contribution is 7.80. The van der Waals surface area contributed by atoms with Crippen LogP contribution in [0.5, 0.6) is 5.75 Å². The van der Waals surface area contributed by atoms with Crippen LogP contribution in [-0.2, 0) is 9.59 Å². The van der Waals surface area contributed by atoms with Crippen LogP contribution in [0, 0.1) is 10.1 Å². The van der Waals surface area contributed by atoms with Crippen molar-refractivity contribution in [3.8, 4) is 17.1 Å². The molecule has 11 nitrogen and oxygen atoms in total. The molecule has 1 fully saturated rings. The Balaban J connectivity index is 1.68. The lowest BCUT2D eigenvalue weighted by atomic mass is 10.1. The number of nitrogens with one attached hydrogen (secondary N) is 1. The van der Waals surface area contributed by atoms with Crippen molar-refractivity contribution in [2.24, 2.45) is 0 Å². The maximum absolute atomic E-state index is 13.1. The number of hydrogen-bond acceptors (Lipinski definition) is 8. The van der Waals surface area contributed by atoms with Crippen LogP contribution in [0.15, 0.2) is 64.6 Å². The average molecular weight is 493 g/mol. The summed E-state index contributed by atoms with van der Waals surface area (Å²) in [5.74, 6) is -2.08. The molecule has 1 saturated heterocycles. The fourth-order valence-electron chi connectivity index (χ4n) is 3.38. The normalized spacial score (nSPS) is 14.7. The average Bonchev–Trinajstić information content (AvgIpc) is 3.29. The summed E-state index contributed by atoms with van der Waals surface area (Å²) in [6, 6.07) is 12.6. The van der Waals surface area contributed by atoms with Crippen molar-refractivity contribution in [2.75, 3.05) is 12.0 Å². The molecule has 2 N–H and O–H groups in total. The van der Waals surface area contributed by atoms with E-state index in [1.165, 1.54) is 61.7 Å². The summed E-state index contributed by atoms with van der Waals surface area (Å²) in [6.07, 6.45) is 1.22. The second-order valence-corrected chi connectivity index (χ2v) is 7.54. The van der Waals surface area contributed by atoms with Crippen molar-refractivity contribution < 1.29 is 33.6 Å². The van der Waals surface area contributed by atoms with Crippen LogP contribution in [0.2, 0.25) is 0 Å². The first-order chi connectivity index (χ1) is 16.7. The molecule has 4 rings (SSSR count). The Hall–Kier alpha value is -4.84. The fraction of sp³-hybridized carbons (Fsp3) is 0.0435. The monoisotopic (exact) mass is 493 g/mol. The molecule has 35 heavy (non-hydrogen) atoms. The predicted molar refractivity (Wildman–Crippen MR) is 127 cm³/mol. The van der Waals surface area contributed by atoms with Crippen molar-refractivity contribution in [3.05, 3.63) is 81.6 Å². The summed E-state index contributed by atoms with van der Waals surface area (Å²) >= 11 is 5.13. The quantitative estimate of drug-likeness (QED) is 0.173. The van der Waals surface area contributed by atoms with Crippen molar-refractivity contribution in [2.45, 2.75) is 0 Å². The molecule has 2 aromatic carbocycles. The maximum atomic E-state index is 13.1. The zero-order valence-corrected chi connectivity index (χ0v) is 18.7. The summed E-state index contributed by atoms with van der Waals surface area (Å²) in [5, 5.41) is 22.5. The first kappa shape index (κ1) is 23.3.